The Morgan fingerprint density at radius 3 is 1.53 bits per heavy atom. The smallest absolute Gasteiger partial charge is 0.602 e. The van der Waals surface area contributed by atoms with Gasteiger partial charge in [0, 0.05) is 35.1 Å². The zero-order valence-corrected chi connectivity index (χ0v) is 12.3. The normalized spacial score (nSPS) is 14.3. The molecular weight excluding hydrogens is 265 g/mol. The van der Waals surface area contributed by atoms with Gasteiger partial charge in [0.25, 0.3) is 0 Å². The van der Waals surface area contributed by atoms with E-state index in [4.69, 9.17) is 23.4 Å². The maximum Gasteiger partial charge on any atom is 1.00 e. The molecule has 9 heteroatoms. The van der Waals surface area contributed by atoms with Crippen molar-refractivity contribution in [1.29, 1.82) is 1.43 Å². The standard InChI is InChI=1S/C3H5NO2.C2H3NO2.C2H6.CH5N.CH4O.CH4.Na/c1-4(2-5)3-6;4-1-3-2-5;3*1-2;;/h2-3H,1H3;1-2H,(H,3,4,5);1-2H3;2H2,1H3;2H,1H3;1H4;/q;;;;;;+1/p-1/i;;2*1D3;1D3,2D;;. The summed E-state index contributed by atoms with van der Waals surface area (Å²) in [6.07, 6.45) is 1.25. The summed E-state index contributed by atoms with van der Waals surface area (Å²) in [6.45, 7) is -2.81. The van der Waals surface area contributed by atoms with Gasteiger partial charge in [0.15, 0.2) is 0 Å². The molecule has 0 aromatic carbocycles. The van der Waals surface area contributed by atoms with Gasteiger partial charge in [-0.15, -0.1) is 0 Å². The molecule has 112 valence electrons. The molecule has 0 aromatic rings. The maximum absolute atomic E-state index is 9.43. The Kier molecular flexibility index (Phi) is 54.9. The minimum atomic E-state index is -2.54. The fraction of sp³-hybridized carbons (Fsp3) is 0.600. The van der Waals surface area contributed by atoms with Crippen LogP contribution < -0.4 is 35.3 Å². The number of hydrogen-bond acceptors (Lipinski definition) is 6. The summed E-state index contributed by atoms with van der Waals surface area (Å²) in [7, 11) is -1.17. The van der Waals surface area contributed by atoms with E-state index in [0.29, 0.717) is 12.8 Å². The summed E-state index contributed by atoms with van der Waals surface area (Å²) in [6, 6.07) is 0. The van der Waals surface area contributed by atoms with E-state index in [1.807, 2.05) is 0 Å². The monoisotopic (exact) mass is 301 g/mol. The van der Waals surface area contributed by atoms with Crippen molar-refractivity contribution in [3.8, 4) is 0 Å². The number of nitrogens with zero attached hydrogens (tertiary/aromatic N) is 2. The van der Waals surface area contributed by atoms with E-state index >= 15 is 0 Å². The van der Waals surface area contributed by atoms with Gasteiger partial charge in [-0.3, -0.25) is 14.5 Å². The Morgan fingerprint density at radius 2 is 1.53 bits per heavy atom. The third-order valence-electron chi connectivity index (χ3n) is 0.454. The van der Waals surface area contributed by atoms with Crippen molar-refractivity contribution in [2.75, 3.05) is 21.1 Å². The Bertz CT molecular complexity index is 343. The number of nitrogens with two attached hydrogens (primary N) is 1. The van der Waals surface area contributed by atoms with Crippen LogP contribution in [0.1, 0.15) is 33.5 Å². The fourth-order valence-corrected chi connectivity index (χ4v) is 0.0497. The molecule has 0 saturated heterocycles. The van der Waals surface area contributed by atoms with Crippen LogP contribution in [0.2, 0.25) is 0 Å². The van der Waals surface area contributed by atoms with E-state index in [-0.39, 0.29) is 49.8 Å². The largest absolute Gasteiger partial charge is 1.00 e. The van der Waals surface area contributed by atoms with Crippen molar-refractivity contribution in [2.24, 2.45) is 5.73 Å². The van der Waals surface area contributed by atoms with Gasteiger partial charge < -0.3 is 25.7 Å². The van der Waals surface area contributed by atoms with E-state index < -0.39 is 20.9 Å². The van der Waals surface area contributed by atoms with Crippen LogP contribution in [0.25, 0.3) is 5.32 Å². The van der Waals surface area contributed by atoms with Crippen molar-refractivity contribution in [3.63, 3.8) is 0 Å². The number of carbonyl (C=O) groups excluding carboxylic acids is 4. The second kappa shape index (κ2) is 87.1. The van der Waals surface area contributed by atoms with Crippen molar-refractivity contribution in [3.05, 3.63) is 5.32 Å². The van der Waals surface area contributed by atoms with E-state index in [1.165, 1.54) is 14.0 Å². The number of aliphatic hydroxyl groups is 1. The van der Waals surface area contributed by atoms with Gasteiger partial charge in [-0.1, -0.05) is 21.2 Å². The molecule has 0 aliphatic rings. The first kappa shape index (κ1) is 12.0. The molecule has 8 nitrogen and oxygen atoms in total. The molecule has 0 radical (unpaired) electrons. The Labute approximate surface area is 152 Å². The predicted molar refractivity (Wildman–Crippen MR) is 71.7 cm³/mol. The first-order valence-electron chi connectivity index (χ1n) is 8.32. The molecular formula is C10H26N3NaO5. The van der Waals surface area contributed by atoms with Crippen LogP contribution in [0.5, 0.6) is 0 Å². The minimum absolute atomic E-state index is 0. The van der Waals surface area contributed by atoms with Crippen LogP contribution in [-0.2, 0) is 19.2 Å². The number of carbonyl (C=O) groups is 4. The summed E-state index contributed by atoms with van der Waals surface area (Å²) < 4.78 is 61.1. The molecule has 0 heterocycles. The molecule has 0 bridgehead atoms. The molecule has 4 amide bonds. The fourth-order valence-electron chi connectivity index (χ4n) is 0.0497. The van der Waals surface area contributed by atoms with Gasteiger partial charge in [-0.05, 0) is 6.98 Å². The topological polar surface area (TPSA) is 132 Å². The Morgan fingerprint density at radius 1 is 1.26 bits per heavy atom. The van der Waals surface area contributed by atoms with Crippen molar-refractivity contribution >= 4 is 25.6 Å². The molecule has 0 aliphatic heterocycles. The summed E-state index contributed by atoms with van der Waals surface area (Å²) >= 11 is 0. The average molecular weight is 301 g/mol. The quantitative estimate of drug-likeness (QED) is 0.414. The molecule has 0 unspecified atom stereocenters. The first-order chi connectivity index (χ1) is 11.8. The van der Waals surface area contributed by atoms with Crippen LogP contribution in [0.3, 0.4) is 0 Å². The molecule has 3 N–H and O–H groups in total. The van der Waals surface area contributed by atoms with Crippen LogP contribution in [-0.4, -0.2) is 58.1 Å². The first-order valence-corrected chi connectivity index (χ1v) is 3.42. The summed E-state index contributed by atoms with van der Waals surface area (Å²) in [5.41, 5.74) is 4.35. The molecule has 0 saturated carbocycles. The van der Waals surface area contributed by atoms with Gasteiger partial charge in [0.05, 0.1) is 4.11 Å². The van der Waals surface area contributed by atoms with Gasteiger partial charge in [0.2, 0.25) is 14.3 Å². The van der Waals surface area contributed by atoms with Gasteiger partial charge in [0.1, 0.15) is 0 Å². The van der Waals surface area contributed by atoms with Gasteiger partial charge >= 0.3 is 29.6 Å². The summed E-state index contributed by atoms with van der Waals surface area (Å²) in [4.78, 5) is 37.8. The number of amides is 4. The molecule has 0 atom stereocenters. The molecule has 0 fully saturated rings. The van der Waals surface area contributed by atoms with Crippen LogP contribution in [0.4, 0.5) is 0 Å². The number of imide groups is 2. The molecule has 19 heavy (non-hydrogen) atoms. The average Bonchev–Trinajstić information content (AvgIpc) is 2.44. The summed E-state index contributed by atoms with van der Waals surface area (Å²) in [5.74, 6) is 0. The number of rotatable bonds is 4. The van der Waals surface area contributed by atoms with Crippen molar-refractivity contribution in [1.82, 2.24) is 4.90 Å². The van der Waals surface area contributed by atoms with Crippen LogP contribution in [0, 0.1) is 0 Å². The second-order valence-electron chi connectivity index (χ2n) is 1.24. The SMILES string of the molecule is C.CN(C=O)C=O.O=C[N-]C=O.[2H]C([2H])([2H])C.[2H]C([2H])([2H])N.[2H]OC([2H])([2H])[2H].[Na+]. The van der Waals surface area contributed by atoms with E-state index in [9.17, 15) is 9.59 Å². The maximum atomic E-state index is 9.43. The third kappa shape index (κ3) is 147. The van der Waals surface area contributed by atoms with E-state index in [2.05, 4.69) is 16.2 Å². The second-order valence-corrected chi connectivity index (χ2v) is 1.24. The predicted octanol–water partition coefficient (Wildman–Crippen LogP) is -3.25. The van der Waals surface area contributed by atoms with Crippen molar-refractivity contribution < 1.29 is 66.2 Å². The molecule has 0 aliphatic carbocycles. The zero-order valence-electron chi connectivity index (χ0n) is 20.3. The van der Waals surface area contributed by atoms with Crippen molar-refractivity contribution in [2.45, 2.75) is 21.2 Å². The minimum Gasteiger partial charge on any atom is -0.602 e. The number of hydrogen-bond donors (Lipinski definition) is 2. The molecule has 0 aromatic heterocycles. The zero-order chi connectivity index (χ0) is 23.3. The summed E-state index contributed by atoms with van der Waals surface area (Å²) in [5, 5.41) is 5.80. The van der Waals surface area contributed by atoms with E-state index in [1.54, 1.807) is 0 Å². The molecule has 0 spiro atoms. The Balaban J connectivity index is -0.0000000411. The van der Waals surface area contributed by atoms with Crippen LogP contribution in [0.15, 0.2) is 0 Å². The third-order valence-corrected chi connectivity index (χ3v) is 0.454. The Hall–Kier alpha value is -0.800. The van der Waals surface area contributed by atoms with Crippen LogP contribution >= 0.6 is 0 Å². The van der Waals surface area contributed by atoms with Gasteiger partial charge in [-0.2, -0.15) is 0 Å². The van der Waals surface area contributed by atoms with Gasteiger partial charge in [-0.25, -0.2) is 0 Å². The van der Waals surface area contributed by atoms with E-state index in [0.717, 1.165) is 4.90 Å². The molecule has 0 rings (SSSR count).